The first kappa shape index (κ1) is 13.4. The highest BCUT2D eigenvalue weighted by Crippen LogP contribution is 2.24. The molecule has 1 N–H and O–H groups in total. The molecule has 0 amide bonds. The molecule has 0 saturated heterocycles. The summed E-state index contributed by atoms with van der Waals surface area (Å²) in [6.07, 6.45) is 0. The molecular weight excluding hydrogens is 264 g/mol. The minimum atomic E-state index is -0.426. The van der Waals surface area contributed by atoms with Gasteiger partial charge in [-0.05, 0) is 32.9 Å². The Hall–Kier alpha value is -2.02. The summed E-state index contributed by atoms with van der Waals surface area (Å²) in [5.41, 5.74) is 0.752. The molecular formula is C12H14N4O2S. The standard InChI is InChI=1S/C12H14N4O2S/c1-12(2,3)14-11-13-10(15-19-11)8-4-6-9(7-5-8)16(17)18/h4-7H,1-3H3,(H,13,14,15). The predicted octanol–water partition coefficient (Wildman–Crippen LogP) is 3.32. The Bertz CT molecular complexity index is 587. The Labute approximate surface area is 114 Å². The number of nitro groups is 1. The lowest BCUT2D eigenvalue weighted by Gasteiger charge is -2.18. The third-order valence-corrected chi connectivity index (χ3v) is 2.87. The quantitative estimate of drug-likeness (QED) is 0.688. The smallest absolute Gasteiger partial charge is 0.269 e. The van der Waals surface area contributed by atoms with Gasteiger partial charge in [0, 0.05) is 34.8 Å². The van der Waals surface area contributed by atoms with Gasteiger partial charge in [0.1, 0.15) is 0 Å². The average Bonchev–Trinajstić information content (AvgIpc) is 2.75. The average molecular weight is 278 g/mol. The summed E-state index contributed by atoms with van der Waals surface area (Å²) in [6.45, 7) is 6.12. The van der Waals surface area contributed by atoms with Crippen molar-refractivity contribution in [3.05, 3.63) is 34.4 Å². The molecule has 100 valence electrons. The Morgan fingerprint density at radius 2 is 1.89 bits per heavy atom. The highest BCUT2D eigenvalue weighted by molar-refractivity contribution is 7.09. The van der Waals surface area contributed by atoms with Crippen LogP contribution in [0.15, 0.2) is 24.3 Å². The number of nitro benzene ring substituents is 1. The fourth-order valence-corrected chi connectivity index (χ4v) is 2.24. The molecule has 0 aliphatic heterocycles. The van der Waals surface area contributed by atoms with Crippen LogP contribution in [0, 0.1) is 10.1 Å². The predicted molar refractivity (Wildman–Crippen MR) is 75.4 cm³/mol. The molecule has 6 nitrogen and oxygen atoms in total. The second-order valence-corrected chi connectivity index (χ2v) is 5.85. The topological polar surface area (TPSA) is 81.0 Å². The Balaban J connectivity index is 2.20. The highest BCUT2D eigenvalue weighted by Gasteiger charge is 2.14. The van der Waals surface area contributed by atoms with Gasteiger partial charge in [0.25, 0.3) is 5.69 Å². The number of anilines is 1. The second-order valence-electron chi connectivity index (χ2n) is 5.10. The van der Waals surface area contributed by atoms with E-state index in [-0.39, 0.29) is 11.2 Å². The van der Waals surface area contributed by atoms with Crippen LogP contribution in [0.1, 0.15) is 20.8 Å². The lowest BCUT2D eigenvalue weighted by atomic mass is 10.1. The lowest BCUT2D eigenvalue weighted by molar-refractivity contribution is -0.384. The van der Waals surface area contributed by atoms with E-state index < -0.39 is 4.92 Å². The maximum atomic E-state index is 10.6. The van der Waals surface area contributed by atoms with Crippen LogP contribution in [0.4, 0.5) is 10.8 Å². The maximum absolute atomic E-state index is 10.6. The summed E-state index contributed by atoms with van der Waals surface area (Å²) in [5.74, 6) is 0.576. The normalized spacial score (nSPS) is 11.3. The fraction of sp³-hybridized carbons (Fsp3) is 0.333. The third kappa shape index (κ3) is 3.47. The zero-order valence-electron chi connectivity index (χ0n) is 10.9. The first-order valence-corrected chi connectivity index (χ1v) is 6.49. The zero-order chi connectivity index (χ0) is 14.0. The number of hydrogen-bond acceptors (Lipinski definition) is 6. The van der Waals surface area contributed by atoms with Crippen molar-refractivity contribution in [2.24, 2.45) is 0 Å². The summed E-state index contributed by atoms with van der Waals surface area (Å²) in [6, 6.07) is 6.21. The molecule has 0 radical (unpaired) electrons. The molecule has 0 bridgehead atoms. The lowest BCUT2D eigenvalue weighted by Crippen LogP contribution is -2.25. The van der Waals surface area contributed by atoms with Gasteiger partial charge in [0.15, 0.2) is 5.82 Å². The maximum Gasteiger partial charge on any atom is 0.269 e. The number of non-ortho nitro benzene ring substituents is 1. The van der Waals surface area contributed by atoms with E-state index in [1.807, 2.05) is 20.8 Å². The molecule has 2 rings (SSSR count). The van der Waals surface area contributed by atoms with E-state index in [0.29, 0.717) is 5.82 Å². The van der Waals surface area contributed by atoms with Crippen LogP contribution in [0.2, 0.25) is 0 Å². The van der Waals surface area contributed by atoms with Gasteiger partial charge in [-0.25, -0.2) is 0 Å². The van der Waals surface area contributed by atoms with Gasteiger partial charge < -0.3 is 5.32 Å². The summed E-state index contributed by atoms with van der Waals surface area (Å²) < 4.78 is 4.24. The van der Waals surface area contributed by atoms with Gasteiger partial charge in [-0.2, -0.15) is 9.36 Å². The highest BCUT2D eigenvalue weighted by atomic mass is 32.1. The van der Waals surface area contributed by atoms with Gasteiger partial charge in [0.05, 0.1) is 4.92 Å². The van der Waals surface area contributed by atoms with E-state index in [1.165, 1.54) is 23.7 Å². The number of aromatic nitrogens is 2. The van der Waals surface area contributed by atoms with Crippen molar-refractivity contribution in [1.29, 1.82) is 0 Å². The van der Waals surface area contributed by atoms with Crippen LogP contribution in [0.3, 0.4) is 0 Å². The van der Waals surface area contributed by atoms with Crippen molar-refractivity contribution in [2.45, 2.75) is 26.3 Å². The molecule has 2 aromatic rings. The molecule has 0 aliphatic rings. The Morgan fingerprint density at radius 3 is 2.42 bits per heavy atom. The molecule has 1 aromatic heterocycles. The molecule has 1 heterocycles. The number of hydrogen-bond donors (Lipinski definition) is 1. The van der Waals surface area contributed by atoms with Crippen molar-refractivity contribution < 1.29 is 4.92 Å². The number of benzene rings is 1. The Kier molecular flexibility index (Phi) is 3.48. The monoisotopic (exact) mass is 278 g/mol. The van der Waals surface area contributed by atoms with Crippen molar-refractivity contribution in [2.75, 3.05) is 5.32 Å². The zero-order valence-corrected chi connectivity index (χ0v) is 11.7. The molecule has 0 spiro atoms. The Morgan fingerprint density at radius 1 is 1.26 bits per heavy atom. The van der Waals surface area contributed by atoms with Crippen LogP contribution >= 0.6 is 11.5 Å². The number of rotatable bonds is 3. The van der Waals surface area contributed by atoms with E-state index in [2.05, 4.69) is 14.7 Å². The van der Waals surface area contributed by atoms with Crippen molar-refractivity contribution in [1.82, 2.24) is 9.36 Å². The van der Waals surface area contributed by atoms with E-state index in [4.69, 9.17) is 0 Å². The van der Waals surface area contributed by atoms with Crippen LogP contribution in [0.25, 0.3) is 11.4 Å². The largest absolute Gasteiger partial charge is 0.356 e. The van der Waals surface area contributed by atoms with E-state index in [0.717, 1.165) is 10.7 Å². The van der Waals surface area contributed by atoms with Gasteiger partial charge >= 0.3 is 0 Å². The van der Waals surface area contributed by atoms with Crippen molar-refractivity contribution in [3.8, 4) is 11.4 Å². The first-order valence-electron chi connectivity index (χ1n) is 5.72. The van der Waals surface area contributed by atoms with Crippen LogP contribution in [-0.4, -0.2) is 19.8 Å². The van der Waals surface area contributed by atoms with Gasteiger partial charge in [-0.15, -0.1) is 0 Å². The van der Waals surface area contributed by atoms with E-state index in [1.54, 1.807) is 12.1 Å². The number of nitrogens with one attached hydrogen (secondary N) is 1. The minimum absolute atomic E-state index is 0.0621. The summed E-state index contributed by atoms with van der Waals surface area (Å²) in [5, 5.41) is 14.6. The third-order valence-electron chi connectivity index (χ3n) is 2.24. The van der Waals surface area contributed by atoms with Crippen molar-refractivity contribution >= 4 is 22.4 Å². The van der Waals surface area contributed by atoms with E-state index >= 15 is 0 Å². The van der Waals surface area contributed by atoms with Crippen LogP contribution in [-0.2, 0) is 0 Å². The van der Waals surface area contributed by atoms with Crippen LogP contribution in [0.5, 0.6) is 0 Å². The molecule has 19 heavy (non-hydrogen) atoms. The summed E-state index contributed by atoms with van der Waals surface area (Å²) >= 11 is 1.28. The van der Waals surface area contributed by atoms with Gasteiger partial charge in [-0.3, -0.25) is 10.1 Å². The SMILES string of the molecule is CC(C)(C)Nc1nc(-c2ccc([N+](=O)[O-])cc2)ns1. The molecule has 1 aromatic carbocycles. The molecule has 7 heteroatoms. The molecule has 0 fully saturated rings. The molecule has 0 aliphatic carbocycles. The van der Waals surface area contributed by atoms with Crippen molar-refractivity contribution in [3.63, 3.8) is 0 Å². The van der Waals surface area contributed by atoms with Gasteiger partial charge in [0.2, 0.25) is 5.13 Å². The second kappa shape index (κ2) is 4.93. The summed E-state index contributed by atoms with van der Waals surface area (Å²) in [7, 11) is 0. The summed E-state index contributed by atoms with van der Waals surface area (Å²) in [4.78, 5) is 14.5. The fourth-order valence-electron chi connectivity index (χ4n) is 1.44. The molecule has 0 atom stereocenters. The van der Waals surface area contributed by atoms with Gasteiger partial charge in [-0.1, -0.05) is 0 Å². The first-order chi connectivity index (χ1) is 8.85. The minimum Gasteiger partial charge on any atom is -0.356 e. The van der Waals surface area contributed by atoms with Crippen LogP contribution < -0.4 is 5.32 Å². The number of nitrogens with zero attached hydrogens (tertiary/aromatic N) is 3. The van der Waals surface area contributed by atoms with E-state index in [9.17, 15) is 10.1 Å². The molecule has 0 unspecified atom stereocenters. The molecule has 0 saturated carbocycles.